The summed E-state index contributed by atoms with van der Waals surface area (Å²) in [5, 5.41) is 34.1. The molecule has 5 rings (SSSR count). The van der Waals surface area contributed by atoms with Crippen LogP contribution in [-0.2, 0) is 6.42 Å². The molecule has 1 aromatic carbocycles. The van der Waals surface area contributed by atoms with Gasteiger partial charge >= 0.3 is 5.97 Å². The second-order valence-corrected chi connectivity index (χ2v) is 10.9. The van der Waals surface area contributed by atoms with Gasteiger partial charge in [-0.2, -0.15) is 9.97 Å². The number of nitrogens with one attached hydrogen (secondary N) is 1. The monoisotopic (exact) mass is 524 g/mol. The van der Waals surface area contributed by atoms with Gasteiger partial charge in [0.1, 0.15) is 16.5 Å². The summed E-state index contributed by atoms with van der Waals surface area (Å²) in [6.07, 6.45) is 2.90. The van der Waals surface area contributed by atoms with Gasteiger partial charge in [-0.05, 0) is 38.2 Å². The number of anilines is 4. The van der Waals surface area contributed by atoms with Gasteiger partial charge in [-0.3, -0.25) is 5.32 Å². The van der Waals surface area contributed by atoms with Crippen molar-refractivity contribution in [2.45, 2.75) is 50.7 Å². The third-order valence-corrected chi connectivity index (χ3v) is 8.15. The molecule has 0 saturated carbocycles. The van der Waals surface area contributed by atoms with Gasteiger partial charge in [0, 0.05) is 38.7 Å². The lowest BCUT2D eigenvalue weighted by atomic mass is 9.85. The number of aliphatic hydroxyl groups is 2. The molecule has 2 saturated heterocycles. The van der Waals surface area contributed by atoms with Crippen LogP contribution in [0.2, 0.25) is 0 Å². The van der Waals surface area contributed by atoms with E-state index < -0.39 is 11.6 Å². The van der Waals surface area contributed by atoms with Crippen LogP contribution in [0.5, 0.6) is 0 Å². The summed E-state index contributed by atoms with van der Waals surface area (Å²) in [5.74, 6) is 0.819. The number of carboxylic acid groups (broad SMARTS) is 1. The molecule has 4 N–H and O–H groups in total. The van der Waals surface area contributed by atoms with Gasteiger partial charge in [-0.15, -0.1) is 0 Å². The predicted octanol–water partition coefficient (Wildman–Crippen LogP) is 3.22. The summed E-state index contributed by atoms with van der Waals surface area (Å²) in [5.41, 5.74) is 0.805. The third kappa shape index (κ3) is 6.00. The Morgan fingerprint density at radius 2 is 1.68 bits per heavy atom. The molecule has 0 unspecified atom stereocenters. The highest BCUT2D eigenvalue weighted by molar-refractivity contribution is 7.17. The Kier molecular flexibility index (Phi) is 7.27. The van der Waals surface area contributed by atoms with E-state index in [0.29, 0.717) is 75.1 Å². The Morgan fingerprint density at radius 3 is 2.27 bits per heavy atom. The molecule has 0 spiro atoms. The van der Waals surface area contributed by atoms with Crippen molar-refractivity contribution in [2.24, 2.45) is 0 Å². The standard InChI is InChI=1S/C26H32N6O4S/c1-17-22(23(34)35)37-25(27-17)30-24-28-20(31-11-7-19(33)8-12-31)15-21(29-24)32-13-9-26(36,10-14-32)16-18-5-3-2-4-6-18/h2-6,15,19,33,36H,7-14,16H2,1H3,(H,34,35)(H,27,28,29,30). The van der Waals surface area contributed by atoms with Crippen LogP contribution in [0.3, 0.4) is 0 Å². The Balaban J connectivity index is 1.37. The molecule has 3 aromatic rings. The highest BCUT2D eigenvalue weighted by Gasteiger charge is 2.33. The molecule has 0 amide bonds. The van der Waals surface area contributed by atoms with E-state index in [1.165, 1.54) is 0 Å². The fourth-order valence-electron chi connectivity index (χ4n) is 4.95. The number of aryl methyl sites for hydroxylation is 1. The number of hydrogen-bond acceptors (Lipinski definition) is 10. The first-order valence-electron chi connectivity index (χ1n) is 12.6. The van der Waals surface area contributed by atoms with Gasteiger partial charge in [-0.1, -0.05) is 41.7 Å². The average Bonchev–Trinajstić information content (AvgIpc) is 3.25. The molecule has 0 bridgehead atoms. The second kappa shape index (κ2) is 10.6. The first-order chi connectivity index (χ1) is 17.8. The Hall–Kier alpha value is -3.28. The van der Waals surface area contributed by atoms with Crippen molar-refractivity contribution in [1.29, 1.82) is 0 Å². The maximum absolute atomic E-state index is 11.5. The van der Waals surface area contributed by atoms with Crippen LogP contribution >= 0.6 is 11.3 Å². The number of rotatable bonds is 7. The van der Waals surface area contributed by atoms with E-state index in [1.807, 2.05) is 36.4 Å². The summed E-state index contributed by atoms with van der Waals surface area (Å²) in [7, 11) is 0. The number of aliphatic hydroxyl groups excluding tert-OH is 1. The number of aromatic carboxylic acids is 1. The van der Waals surface area contributed by atoms with Crippen molar-refractivity contribution in [2.75, 3.05) is 41.3 Å². The highest BCUT2D eigenvalue weighted by Crippen LogP contribution is 2.32. The highest BCUT2D eigenvalue weighted by atomic mass is 32.1. The predicted molar refractivity (Wildman–Crippen MR) is 143 cm³/mol. The zero-order valence-electron chi connectivity index (χ0n) is 20.8. The normalized spacial score (nSPS) is 18.1. The number of piperidine rings is 2. The lowest BCUT2D eigenvalue weighted by Gasteiger charge is -2.39. The maximum Gasteiger partial charge on any atom is 0.347 e. The van der Waals surface area contributed by atoms with Crippen LogP contribution in [0.1, 0.15) is 46.6 Å². The molecule has 2 aliphatic heterocycles. The van der Waals surface area contributed by atoms with E-state index in [4.69, 9.17) is 9.97 Å². The molecule has 11 heteroatoms. The van der Waals surface area contributed by atoms with Crippen molar-refractivity contribution in [3.05, 3.63) is 52.5 Å². The fourth-order valence-corrected chi connectivity index (χ4v) is 5.74. The van der Waals surface area contributed by atoms with Crippen LogP contribution < -0.4 is 15.1 Å². The molecule has 196 valence electrons. The van der Waals surface area contributed by atoms with Gasteiger partial charge in [0.15, 0.2) is 5.13 Å². The minimum absolute atomic E-state index is 0.178. The molecule has 10 nitrogen and oxygen atoms in total. The molecule has 0 atom stereocenters. The number of nitrogens with zero attached hydrogens (tertiary/aromatic N) is 5. The molecule has 2 aliphatic rings. The molecular weight excluding hydrogens is 492 g/mol. The van der Waals surface area contributed by atoms with E-state index in [1.54, 1.807) is 6.92 Å². The minimum Gasteiger partial charge on any atom is -0.477 e. The van der Waals surface area contributed by atoms with Gasteiger partial charge in [0.2, 0.25) is 5.95 Å². The van der Waals surface area contributed by atoms with Crippen LogP contribution in [0, 0.1) is 6.92 Å². The van der Waals surface area contributed by atoms with Gasteiger partial charge in [-0.25, -0.2) is 9.78 Å². The molecular formula is C26H32N6O4S. The van der Waals surface area contributed by atoms with Crippen molar-refractivity contribution < 1.29 is 20.1 Å². The summed E-state index contributed by atoms with van der Waals surface area (Å²) < 4.78 is 0. The van der Waals surface area contributed by atoms with Crippen molar-refractivity contribution in [3.63, 3.8) is 0 Å². The maximum atomic E-state index is 11.5. The zero-order chi connectivity index (χ0) is 26.0. The molecule has 4 heterocycles. The van der Waals surface area contributed by atoms with E-state index in [-0.39, 0.29) is 11.0 Å². The largest absolute Gasteiger partial charge is 0.477 e. The number of carboxylic acids is 1. The number of benzene rings is 1. The smallest absolute Gasteiger partial charge is 0.347 e. The van der Waals surface area contributed by atoms with E-state index in [0.717, 1.165) is 28.5 Å². The lowest BCUT2D eigenvalue weighted by molar-refractivity contribution is 0.0164. The van der Waals surface area contributed by atoms with E-state index in [2.05, 4.69) is 20.1 Å². The quantitative estimate of drug-likeness (QED) is 0.365. The van der Waals surface area contributed by atoms with E-state index in [9.17, 15) is 20.1 Å². The summed E-state index contributed by atoms with van der Waals surface area (Å²) >= 11 is 1.05. The summed E-state index contributed by atoms with van der Waals surface area (Å²) in [4.78, 5) is 29.7. The second-order valence-electron chi connectivity index (χ2n) is 9.86. The number of thiazole rings is 1. The Bertz CT molecular complexity index is 1240. The number of carbonyl (C=O) groups is 1. The van der Waals surface area contributed by atoms with Crippen LogP contribution in [0.15, 0.2) is 36.4 Å². The Labute approximate surface area is 219 Å². The van der Waals surface area contributed by atoms with E-state index >= 15 is 0 Å². The number of aromatic nitrogens is 3. The zero-order valence-corrected chi connectivity index (χ0v) is 21.6. The fraction of sp³-hybridized carbons (Fsp3) is 0.462. The summed E-state index contributed by atoms with van der Waals surface area (Å²) in [6.45, 7) is 4.34. The lowest BCUT2D eigenvalue weighted by Crippen LogP contribution is -2.46. The van der Waals surface area contributed by atoms with Gasteiger partial charge in [0.05, 0.1) is 17.4 Å². The topological polar surface area (TPSA) is 135 Å². The average molecular weight is 525 g/mol. The first-order valence-corrected chi connectivity index (χ1v) is 13.4. The van der Waals surface area contributed by atoms with Crippen LogP contribution in [0.25, 0.3) is 0 Å². The van der Waals surface area contributed by atoms with Crippen LogP contribution in [-0.4, -0.2) is 74.1 Å². The van der Waals surface area contributed by atoms with Crippen molar-refractivity contribution in [3.8, 4) is 0 Å². The SMILES string of the molecule is Cc1nc(Nc2nc(N3CCC(O)CC3)cc(N3CCC(O)(Cc4ccccc4)CC3)n2)sc1C(=O)O. The molecule has 0 radical (unpaired) electrons. The summed E-state index contributed by atoms with van der Waals surface area (Å²) in [6, 6.07) is 12.0. The third-order valence-electron chi connectivity index (χ3n) is 7.09. The van der Waals surface area contributed by atoms with Crippen molar-refractivity contribution >= 4 is 40.0 Å². The molecule has 0 aliphatic carbocycles. The Morgan fingerprint density at radius 1 is 1.05 bits per heavy atom. The molecule has 2 aromatic heterocycles. The number of hydrogen-bond donors (Lipinski definition) is 4. The molecule has 37 heavy (non-hydrogen) atoms. The minimum atomic E-state index is -1.01. The van der Waals surface area contributed by atoms with Gasteiger partial charge < -0.3 is 25.1 Å². The van der Waals surface area contributed by atoms with Crippen LogP contribution in [0.4, 0.5) is 22.7 Å². The first kappa shape index (κ1) is 25.4. The molecule has 2 fully saturated rings. The van der Waals surface area contributed by atoms with Gasteiger partial charge in [0.25, 0.3) is 0 Å². The van der Waals surface area contributed by atoms with Crippen molar-refractivity contribution in [1.82, 2.24) is 15.0 Å².